The van der Waals surface area contributed by atoms with Gasteiger partial charge in [-0.3, -0.25) is 4.79 Å². The van der Waals surface area contributed by atoms with Crippen LogP contribution in [0.2, 0.25) is 0 Å². The minimum Gasteiger partial charge on any atom is -0.370 e. The van der Waals surface area contributed by atoms with E-state index in [1.165, 1.54) is 0 Å². The quantitative estimate of drug-likeness (QED) is 0.807. The molecular formula is C13H17N3O. The lowest BCUT2D eigenvalue weighted by Crippen LogP contribution is -2.35. The van der Waals surface area contributed by atoms with Gasteiger partial charge in [-0.25, -0.2) is 0 Å². The van der Waals surface area contributed by atoms with Gasteiger partial charge in [0.15, 0.2) is 0 Å². The Morgan fingerprint density at radius 2 is 2.12 bits per heavy atom. The molecule has 0 saturated carbocycles. The Hall–Kier alpha value is -2.02. The summed E-state index contributed by atoms with van der Waals surface area (Å²) in [4.78, 5) is 13.1. The van der Waals surface area contributed by atoms with Gasteiger partial charge in [0.1, 0.15) is 0 Å². The SMILES string of the molecule is CC(CN(CCC#N)c1ccccc1)C(N)=O. The van der Waals surface area contributed by atoms with Gasteiger partial charge in [-0.1, -0.05) is 25.1 Å². The molecule has 0 bridgehead atoms. The van der Waals surface area contributed by atoms with Crippen LogP contribution in [0.3, 0.4) is 0 Å². The standard InChI is InChI=1S/C13H17N3O/c1-11(13(15)17)10-16(9-5-8-14)12-6-3-2-4-7-12/h2-4,6-7,11H,5,9-10H2,1H3,(H2,15,17). The summed E-state index contributed by atoms with van der Waals surface area (Å²) in [7, 11) is 0. The molecule has 17 heavy (non-hydrogen) atoms. The van der Waals surface area contributed by atoms with E-state index in [0.29, 0.717) is 19.5 Å². The van der Waals surface area contributed by atoms with Crippen LogP contribution in [0, 0.1) is 17.2 Å². The number of primary amides is 1. The molecule has 1 atom stereocenters. The summed E-state index contributed by atoms with van der Waals surface area (Å²) in [6.07, 6.45) is 0.431. The summed E-state index contributed by atoms with van der Waals surface area (Å²) in [5, 5.41) is 8.64. The van der Waals surface area contributed by atoms with Crippen LogP contribution in [-0.2, 0) is 4.79 Å². The molecule has 1 rings (SSSR count). The maximum absolute atomic E-state index is 11.1. The van der Waals surface area contributed by atoms with Crippen molar-refractivity contribution in [2.45, 2.75) is 13.3 Å². The van der Waals surface area contributed by atoms with Crippen molar-refractivity contribution < 1.29 is 4.79 Å². The number of carbonyl (C=O) groups excluding carboxylic acids is 1. The normalized spacial score (nSPS) is 11.5. The summed E-state index contributed by atoms with van der Waals surface area (Å²) in [5.74, 6) is -0.545. The molecule has 0 radical (unpaired) electrons. The number of anilines is 1. The van der Waals surface area contributed by atoms with Crippen molar-refractivity contribution in [2.75, 3.05) is 18.0 Å². The average molecular weight is 231 g/mol. The maximum atomic E-state index is 11.1. The lowest BCUT2D eigenvalue weighted by Gasteiger charge is -2.26. The predicted octanol–water partition coefficient (Wildman–Crippen LogP) is 1.53. The Kier molecular flexibility index (Phi) is 5.02. The molecule has 90 valence electrons. The topological polar surface area (TPSA) is 70.1 Å². The van der Waals surface area contributed by atoms with Crippen molar-refractivity contribution >= 4 is 11.6 Å². The molecule has 0 aliphatic heterocycles. The molecule has 1 aromatic carbocycles. The minimum absolute atomic E-state index is 0.228. The molecule has 1 amide bonds. The summed E-state index contributed by atoms with van der Waals surface area (Å²) in [6, 6.07) is 11.8. The number of amides is 1. The highest BCUT2D eigenvalue weighted by atomic mass is 16.1. The zero-order valence-corrected chi connectivity index (χ0v) is 9.97. The number of benzene rings is 1. The molecule has 1 aromatic rings. The number of hydrogen-bond donors (Lipinski definition) is 1. The Balaban J connectivity index is 2.74. The summed E-state index contributed by atoms with van der Waals surface area (Å²) in [6.45, 7) is 2.95. The van der Waals surface area contributed by atoms with Crippen LogP contribution in [0.15, 0.2) is 30.3 Å². The average Bonchev–Trinajstić information content (AvgIpc) is 2.35. The Bertz CT molecular complexity index is 397. The van der Waals surface area contributed by atoms with Crippen LogP contribution in [0.1, 0.15) is 13.3 Å². The molecule has 0 fully saturated rings. The molecule has 4 heteroatoms. The Labute approximate surface area is 102 Å². The zero-order valence-electron chi connectivity index (χ0n) is 9.97. The number of nitrogens with zero attached hydrogens (tertiary/aromatic N) is 2. The van der Waals surface area contributed by atoms with E-state index in [2.05, 4.69) is 6.07 Å². The number of nitriles is 1. The molecule has 0 spiro atoms. The number of nitrogens with two attached hydrogens (primary N) is 1. The molecule has 1 unspecified atom stereocenters. The Morgan fingerprint density at radius 3 is 2.65 bits per heavy atom. The number of rotatable bonds is 6. The molecule has 0 aliphatic rings. The van der Waals surface area contributed by atoms with Crippen LogP contribution < -0.4 is 10.6 Å². The van der Waals surface area contributed by atoms with Crippen LogP contribution in [-0.4, -0.2) is 19.0 Å². The van der Waals surface area contributed by atoms with E-state index >= 15 is 0 Å². The van der Waals surface area contributed by atoms with Crippen LogP contribution in [0.4, 0.5) is 5.69 Å². The zero-order chi connectivity index (χ0) is 12.7. The van der Waals surface area contributed by atoms with Gasteiger partial charge in [-0.05, 0) is 12.1 Å². The lowest BCUT2D eigenvalue weighted by molar-refractivity contribution is -0.121. The molecular weight excluding hydrogens is 214 g/mol. The van der Waals surface area contributed by atoms with E-state index in [1.54, 1.807) is 6.92 Å². The van der Waals surface area contributed by atoms with Gasteiger partial charge >= 0.3 is 0 Å². The third-order valence-electron chi connectivity index (χ3n) is 2.59. The summed E-state index contributed by atoms with van der Waals surface area (Å²) < 4.78 is 0. The second-order valence-corrected chi connectivity index (χ2v) is 3.99. The molecule has 0 saturated heterocycles. The van der Waals surface area contributed by atoms with Gasteiger partial charge in [0, 0.05) is 18.8 Å². The monoisotopic (exact) mass is 231 g/mol. The van der Waals surface area contributed by atoms with E-state index in [0.717, 1.165) is 5.69 Å². The molecule has 0 aromatic heterocycles. The van der Waals surface area contributed by atoms with E-state index in [9.17, 15) is 4.79 Å². The summed E-state index contributed by atoms with van der Waals surface area (Å²) >= 11 is 0. The van der Waals surface area contributed by atoms with Gasteiger partial charge in [0.25, 0.3) is 0 Å². The minimum atomic E-state index is -0.317. The third-order valence-corrected chi connectivity index (χ3v) is 2.59. The number of hydrogen-bond acceptors (Lipinski definition) is 3. The van der Waals surface area contributed by atoms with Gasteiger partial charge in [0.2, 0.25) is 5.91 Å². The molecule has 0 heterocycles. The predicted molar refractivity (Wildman–Crippen MR) is 67.2 cm³/mol. The van der Waals surface area contributed by atoms with E-state index in [4.69, 9.17) is 11.0 Å². The van der Waals surface area contributed by atoms with E-state index < -0.39 is 0 Å². The van der Waals surface area contributed by atoms with Gasteiger partial charge in [-0.2, -0.15) is 5.26 Å². The molecule has 0 aliphatic carbocycles. The number of carbonyl (C=O) groups is 1. The van der Waals surface area contributed by atoms with Crippen molar-refractivity contribution in [3.05, 3.63) is 30.3 Å². The second kappa shape index (κ2) is 6.54. The van der Waals surface area contributed by atoms with Gasteiger partial charge < -0.3 is 10.6 Å². The van der Waals surface area contributed by atoms with E-state index in [1.807, 2.05) is 35.2 Å². The highest BCUT2D eigenvalue weighted by Gasteiger charge is 2.14. The van der Waals surface area contributed by atoms with Crippen molar-refractivity contribution in [3.8, 4) is 6.07 Å². The second-order valence-electron chi connectivity index (χ2n) is 3.99. The first-order valence-corrected chi connectivity index (χ1v) is 5.61. The number of para-hydroxylation sites is 1. The fourth-order valence-corrected chi connectivity index (χ4v) is 1.57. The highest BCUT2D eigenvalue weighted by molar-refractivity contribution is 5.77. The summed E-state index contributed by atoms with van der Waals surface area (Å²) in [5.41, 5.74) is 6.27. The van der Waals surface area contributed by atoms with Crippen molar-refractivity contribution in [1.29, 1.82) is 5.26 Å². The van der Waals surface area contributed by atoms with Crippen molar-refractivity contribution in [1.82, 2.24) is 0 Å². The van der Waals surface area contributed by atoms with Crippen molar-refractivity contribution in [3.63, 3.8) is 0 Å². The first-order chi connectivity index (χ1) is 8.15. The van der Waals surface area contributed by atoms with Crippen LogP contribution in [0.25, 0.3) is 0 Å². The first-order valence-electron chi connectivity index (χ1n) is 5.61. The molecule has 2 N–H and O–H groups in total. The molecule has 4 nitrogen and oxygen atoms in total. The maximum Gasteiger partial charge on any atom is 0.222 e. The van der Waals surface area contributed by atoms with Crippen LogP contribution in [0.5, 0.6) is 0 Å². The fourth-order valence-electron chi connectivity index (χ4n) is 1.57. The fraction of sp³-hybridized carbons (Fsp3) is 0.385. The van der Waals surface area contributed by atoms with Gasteiger partial charge in [-0.15, -0.1) is 0 Å². The lowest BCUT2D eigenvalue weighted by atomic mass is 10.1. The van der Waals surface area contributed by atoms with Crippen molar-refractivity contribution in [2.24, 2.45) is 11.7 Å². The van der Waals surface area contributed by atoms with Gasteiger partial charge in [0.05, 0.1) is 18.4 Å². The third kappa shape index (κ3) is 4.15. The smallest absolute Gasteiger partial charge is 0.222 e. The Morgan fingerprint density at radius 1 is 1.47 bits per heavy atom. The largest absolute Gasteiger partial charge is 0.370 e. The highest BCUT2D eigenvalue weighted by Crippen LogP contribution is 2.15. The van der Waals surface area contributed by atoms with Crippen LogP contribution >= 0.6 is 0 Å². The van der Waals surface area contributed by atoms with E-state index in [-0.39, 0.29) is 11.8 Å². The first kappa shape index (κ1) is 13.0.